The van der Waals surface area contributed by atoms with Crippen LogP contribution >= 0.6 is 0 Å². The highest BCUT2D eigenvalue weighted by atomic mass is 16.1. The van der Waals surface area contributed by atoms with Gasteiger partial charge in [-0.25, -0.2) is 0 Å². The molecule has 0 saturated carbocycles. The van der Waals surface area contributed by atoms with Gasteiger partial charge in [-0.3, -0.25) is 4.79 Å². The maximum atomic E-state index is 12.5. The van der Waals surface area contributed by atoms with Gasteiger partial charge in [0.25, 0.3) is 0 Å². The number of carbonyl (C=O) groups excluding carboxylic acids is 1. The Morgan fingerprint density at radius 2 is 1.41 bits per heavy atom. The monoisotopic (exact) mass is 310 g/mol. The predicted molar refractivity (Wildman–Crippen MR) is 98.1 cm³/mol. The number of hydrogen-bond donors (Lipinski definition) is 0. The van der Waals surface area contributed by atoms with Gasteiger partial charge in [-0.05, 0) is 25.3 Å². The molecule has 1 atom stereocenters. The fourth-order valence-corrected chi connectivity index (χ4v) is 3.29. The normalized spacial score (nSPS) is 13.1. The molecular formula is C20H40NO+. The highest BCUT2D eigenvalue weighted by Gasteiger charge is 2.33. The summed E-state index contributed by atoms with van der Waals surface area (Å²) in [6.07, 6.45) is 12.7. The SMILES string of the molecule is C=C(C)C(=O)C(CCCCCCCCCC)[N+](C)(C)CCC. The highest BCUT2D eigenvalue weighted by molar-refractivity contribution is 5.97. The third-order valence-electron chi connectivity index (χ3n) is 4.70. The summed E-state index contributed by atoms with van der Waals surface area (Å²) < 4.78 is 0.804. The van der Waals surface area contributed by atoms with E-state index in [-0.39, 0.29) is 11.8 Å². The fraction of sp³-hybridized carbons (Fsp3) is 0.850. The van der Waals surface area contributed by atoms with Crippen LogP contribution in [0, 0.1) is 0 Å². The number of rotatable bonds is 14. The van der Waals surface area contributed by atoms with Gasteiger partial charge in [0.15, 0.2) is 6.04 Å². The van der Waals surface area contributed by atoms with Crippen molar-refractivity contribution in [3.8, 4) is 0 Å². The van der Waals surface area contributed by atoms with Crippen molar-refractivity contribution in [2.24, 2.45) is 0 Å². The van der Waals surface area contributed by atoms with Crippen LogP contribution in [0.15, 0.2) is 12.2 Å². The van der Waals surface area contributed by atoms with E-state index in [1.165, 1.54) is 51.4 Å². The van der Waals surface area contributed by atoms with Crippen LogP contribution < -0.4 is 0 Å². The standard InChI is InChI=1S/C20H40NO/c1-7-9-10-11-12-13-14-15-16-19(20(22)18(3)4)21(5,6)17-8-2/h19H,3,7-17H2,1-2,4-6H3/q+1. The molecule has 0 N–H and O–H groups in total. The predicted octanol–water partition coefficient (Wildman–Crippen LogP) is 5.52. The van der Waals surface area contributed by atoms with Gasteiger partial charge in [-0.1, -0.05) is 65.4 Å². The molecule has 0 aromatic heterocycles. The van der Waals surface area contributed by atoms with Gasteiger partial charge in [-0.15, -0.1) is 0 Å². The Bertz CT molecular complexity index is 320. The van der Waals surface area contributed by atoms with E-state index in [1.54, 1.807) is 0 Å². The van der Waals surface area contributed by atoms with Crippen molar-refractivity contribution in [2.75, 3.05) is 20.6 Å². The van der Waals surface area contributed by atoms with E-state index in [0.717, 1.165) is 23.9 Å². The second-order valence-electron chi connectivity index (χ2n) is 7.43. The minimum atomic E-state index is 0.0949. The molecule has 0 spiro atoms. The molecule has 0 aliphatic heterocycles. The van der Waals surface area contributed by atoms with Crippen LogP contribution in [0.5, 0.6) is 0 Å². The van der Waals surface area contributed by atoms with Crippen LogP contribution in [0.25, 0.3) is 0 Å². The molecule has 0 aromatic rings. The lowest BCUT2D eigenvalue weighted by atomic mass is 9.96. The highest BCUT2D eigenvalue weighted by Crippen LogP contribution is 2.20. The minimum Gasteiger partial charge on any atom is -0.320 e. The number of nitrogens with zero attached hydrogens (tertiary/aromatic N) is 1. The van der Waals surface area contributed by atoms with Gasteiger partial charge in [0.2, 0.25) is 5.78 Å². The molecule has 1 unspecified atom stereocenters. The first-order valence-corrected chi connectivity index (χ1v) is 9.39. The lowest BCUT2D eigenvalue weighted by Crippen LogP contribution is -2.53. The number of Topliss-reactive ketones (excluding diaryl/α,β-unsaturated/α-hetero) is 1. The third-order valence-corrected chi connectivity index (χ3v) is 4.70. The molecule has 0 amide bonds. The fourth-order valence-electron chi connectivity index (χ4n) is 3.29. The number of quaternary nitrogens is 1. The molecule has 2 heteroatoms. The van der Waals surface area contributed by atoms with Gasteiger partial charge < -0.3 is 4.48 Å². The van der Waals surface area contributed by atoms with Crippen molar-refractivity contribution in [1.29, 1.82) is 0 Å². The summed E-state index contributed by atoms with van der Waals surface area (Å²) in [6, 6.07) is 0.0949. The van der Waals surface area contributed by atoms with E-state index in [9.17, 15) is 4.79 Å². The van der Waals surface area contributed by atoms with Gasteiger partial charge in [0.05, 0.1) is 20.6 Å². The van der Waals surface area contributed by atoms with Gasteiger partial charge in [-0.2, -0.15) is 0 Å². The number of likely N-dealkylation sites (N-methyl/N-ethyl adjacent to an activating group) is 1. The molecule has 0 heterocycles. The Balaban J connectivity index is 4.21. The number of carbonyl (C=O) groups is 1. The number of hydrogen-bond acceptors (Lipinski definition) is 1. The summed E-state index contributed by atoms with van der Waals surface area (Å²) in [4.78, 5) is 12.5. The quantitative estimate of drug-likeness (QED) is 0.235. The number of unbranched alkanes of at least 4 members (excludes halogenated alkanes) is 7. The third kappa shape index (κ3) is 8.73. The Morgan fingerprint density at radius 1 is 0.909 bits per heavy atom. The average molecular weight is 311 g/mol. The zero-order chi connectivity index (χ0) is 17.0. The lowest BCUT2D eigenvalue weighted by Gasteiger charge is -2.37. The Kier molecular flexibility index (Phi) is 11.5. The molecular weight excluding hydrogens is 270 g/mol. The zero-order valence-electron chi connectivity index (χ0n) is 15.9. The van der Waals surface area contributed by atoms with Crippen molar-refractivity contribution >= 4 is 5.78 Å². The molecule has 0 aromatic carbocycles. The molecule has 22 heavy (non-hydrogen) atoms. The summed E-state index contributed by atoms with van der Waals surface area (Å²) in [7, 11) is 4.39. The summed E-state index contributed by atoms with van der Waals surface area (Å²) in [5.41, 5.74) is 0.715. The molecule has 0 aliphatic rings. The first-order valence-electron chi connectivity index (χ1n) is 9.39. The molecule has 130 valence electrons. The summed E-state index contributed by atoms with van der Waals surface area (Å²) in [5, 5.41) is 0. The van der Waals surface area contributed by atoms with Crippen LogP contribution in [0.3, 0.4) is 0 Å². The molecule has 0 aliphatic carbocycles. The summed E-state index contributed by atoms with van der Waals surface area (Å²) in [5.74, 6) is 0.265. The van der Waals surface area contributed by atoms with E-state index in [0.29, 0.717) is 5.57 Å². The Hall–Kier alpha value is -0.630. The zero-order valence-corrected chi connectivity index (χ0v) is 15.9. The lowest BCUT2D eigenvalue weighted by molar-refractivity contribution is -0.906. The second kappa shape index (κ2) is 11.9. The van der Waals surface area contributed by atoms with Gasteiger partial charge >= 0.3 is 0 Å². The first kappa shape index (κ1) is 21.4. The van der Waals surface area contributed by atoms with Crippen molar-refractivity contribution in [1.82, 2.24) is 0 Å². The smallest absolute Gasteiger partial charge is 0.215 e. The molecule has 0 fully saturated rings. The summed E-state index contributed by atoms with van der Waals surface area (Å²) >= 11 is 0. The van der Waals surface area contributed by atoms with Crippen LogP contribution in [-0.2, 0) is 4.79 Å². The molecule has 0 radical (unpaired) electrons. The van der Waals surface area contributed by atoms with Gasteiger partial charge in [0.1, 0.15) is 0 Å². The maximum absolute atomic E-state index is 12.5. The number of ketones is 1. The van der Waals surface area contributed by atoms with E-state index in [2.05, 4.69) is 34.5 Å². The van der Waals surface area contributed by atoms with Crippen LogP contribution in [0.1, 0.15) is 85.0 Å². The molecule has 2 nitrogen and oxygen atoms in total. The van der Waals surface area contributed by atoms with Crippen molar-refractivity contribution in [3.05, 3.63) is 12.2 Å². The van der Waals surface area contributed by atoms with Gasteiger partial charge in [0, 0.05) is 6.42 Å². The topological polar surface area (TPSA) is 17.1 Å². The molecule has 0 rings (SSSR count). The minimum absolute atomic E-state index is 0.0949. The Labute approximate surface area is 139 Å². The van der Waals surface area contributed by atoms with E-state index < -0.39 is 0 Å². The van der Waals surface area contributed by atoms with Crippen molar-refractivity contribution in [3.63, 3.8) is 0 Å². The largest absolute Gasteiger partial charge is 0.320 e. The van der Waals surface area contributed by atoms with Crippen LogP contribution in [0.4, 0.5) is 0 Å². The van der Waals surface area contributed by atoms with Crippen LogP contribution in [-0.4, -0.2) is 36.9 Å². The average Bonchev–Trinajstić information content (AvgIpc) is 2.44. The van der Waals surface area contributed by atoms with E-state index in [4.69, 9.17) is 0 Å². The maximum Gasteiger partial charge on any atom is 0.215 e. The van der Waals surface area contributed by atoms with E-state index in [1.807, 2.05) is 6.92 Å². The van der Waals surface area contributed by atoms with Crippen LogP contribution in [0.2, 0.25) is 0 Å². The molecule has 0 bridgehead atoms. The Morgan fingerprint density at radius 3 is 1.86 bits per heavy atom. The van der Waals surface area contributed by atoms with Crippen molar-refractivity contribution in [2.45, 2.75) is 91.0 Å². The second-order valence-corrected chi connectivity index (χ2v) is 7.43. The first-order chi connectivity index (χ1) is 10.4. The molecule has 0 saturated heterocycles. The van der Waals surface area contributed by atoms with Crippen molar-refractivity contribution < 1.29 is 9.28 Å². The van der Waals surface area contributed by atoms with E-state index >= 15 is 0 Å². The summed E-state index contributed by atoms with van der Waals surface area (Å²) in [6.45, 7) is 11.2.